The molecule has 8 nitrogen and oxygen atoms in total. The number of esters is 1. The maximum atomic E-state index is 11.9. The molecule has 26 heavy (non-hydrogen) atoms. The molecule has 0 unspecified atom stereocenters. The summed E-state index contributed by atoms with van der Waals surface area (Å²) in [7, 11) is 1.15. The summed E-state index contributed by atoms with van der Waals surface area (Å²) in [6.07, 6.45) is 1.38. The van der Waals surface area contributed by atoms with Crippen LogP contribution in [-0.2, 0) is 4.74 Å². The maximum absolute atomic E-state index is 11.9. The zero-order valence-electron chi connectivity index (χ0n) is 13.5. The number of nitriles is 2. The fraction of sp³-hybridized carbons (Fsp3) is 0.0556. The van der Waals surface area contributed by atoms with Gasteiger partial charge < -0.3 is 9.47 Å². The van der Waals surface area contributed by atoms with Gasteiger partial charge in [0.15, 0.2) is 0 Å². The topological polar surface area (TPSA) is 126 Å². The third-order valence-corrected chi connectivity index (χ3v) is 3.22. The van der Waals surface area contributed by atoms with Gasteiger partial charge in [-0.15, -0.1) is 0 Å². The van der Waals surface area contributed by atoms with Crippen LogP contribution in [0.4, 0.5) is 5.69 Å². The Hall–Kier alpha value is -4.17. The molecule has 128 valence electrons. The van der Waals surface area contributed by atoms with E-state index in [2.05, 4.69) is 4.74 Å². The van der Waals surface area contributed by atoms with Crippen molar-refractivity contribution in [3.05, 3.63) is 69.3 Å². The van der Waals surface area contributed by atoms with Crippen LogP contribution < -0.4 is 4.74 Å². The lowest BCUT2D eigenvalue weighted by Crippen LogP contribution is -2.04. The smallest absolute Gasteiger partial charge is 0.341 e. The van der Waals surface area contributed by atoms with Crippen LogP contribution in [0.5, 0.6) is 11.5 Å². The summed E-state index contributed by atoms with van der Waals surface area (Å²) in [5, 5.41) is 28.5. The zero-order valence-corrected chi connectivity index (χ0v) is 13.5. The van der Waals surface area contributed by atoms with Gasteiger partial charge in [0.05, 0.1) is 12.0 Å². The van der Waals surface area contributed by atoms with Gasteiger partial charge in [0, 0.05) is 12.1 Å². The summed E-state index contributed by atoms with van der Waals surface area (Å²) < 4.78 is 10.3. The second-order valence-corrected chi connectivity index (χ2v) is 4.89. The van der Waals surface area contributed by atoms with E-state index in [-0.39, 0.29) is 22.6 Å². The van der Waals surface area contributed by atoms with E-state index >= 15 is 0 Å². The van der Waals surface area contributed by atoms with Gasteiger partial charge in [0.25, 0.3) is 5.69 Å². The average molecular weight is 349 g/mol. The first-order chi connectivity index (χ1) is 12.5. The van der Waals surface area contributed by atoms with Crippen molar-refractivity contribution in [3.8, 4) is 23.6 Å². The SMILES string of the molecule is COC(=O)c1cc([N+](=O)[O-])ccc1Oc1cccc(C=C(C#N)C#N)c1. The van der Waals surface area contributed by atoms with Crippen LogP contribution in [0.3, 0.4) is 0 Å². The Bertz CT molecular complexity index is 967. The van der Waals surface area contributed by atoms with E-state index in [1.165, 1.54) is 18.2 Å². The van der Waals surface area contributed by atoms with Gasteiger partial charge in [-0.3, -0.25) is 10.1 Å². The molecule has 0 heterocycles. The van der Waals surface area contributed by atoms with Gasteiger partial charge in [0.1, 0.15) is 34.8 Å². The number of hydrogen-bond donors (Lipinski definition) is 0. The lowest BCUT2D eigenvalue weighted by molar-refractivity contribution is -0.384. The summed E-state index contributed by atoms with van der Waals surface area (Å²) in [6.45, 7) is 0. The number of hydrogen-bond acceptors (Lipinski definition) is 7. The van der Waals surface area contributed by atoms with Gasteiger partial charge in [-0.2, -0.15) is 10.5 Å². The van der Waals surface area contributed by atoms with E-state index in [4.69, 9.17) is 15.3 Å². The number of carbonyl (C=O) groups is 1. The van der Waals surface area contributed by atoms with Crippen LogP contribution in [-0.4, -0.2) is 18.0 Å². The monoisotopic (exact) mass is 349 g/mol. The average Bonchev–Trinajstić information content (AvgIpc) is 2.65. The molecule has 0 N–H and O–H groups in total. The number of nitrogens with zero attached hydrogens (tertiary/aromatic N) is 3. The maximum Gasteiger partial charge on any atom is 0.341 e. The molecule has 2 rings (SSSR count). The van der Waals surface area contributed by atoms with Crippen molar-refractivity contribution in [2.45, 2.75) is 0 Å². The van der Waals surface area contributed by atoms with Crippen molar-refractivity contribution in [3.63, 3.8) is 0 Å². The van der Waals surface area contributed by atoms with Crippen LogP contribution in [0.2, 0.25) is 0 Å². The van der Waals surface area contributed by atoms with E-state index in [1.807, 2.05) is 0 Å². The molecule has 0 saturated heterocycles. The van der Waals surface area contributed by atoms with Gasteiger partial charge in [0.2, 0.25) is 0 Å². The van der Waals surface area contributed by atoms with E-state index in [1.54, 1.807) is 36.4 Å². The predicted molar refractivity (Wildman–Crippen MR) is 90.2 cm³/mol. The molecule has 0 aliphatic rings. The van der Waals surface area contributed by atoms with E-state index in [0.717, 1.165) is 13.2 Å². The third-order valence-electron chi connectivity index (χ3n) is 3.22. The molecule has 8 heteroatoms. The summed E-state index contributed by atoms with van der Waals surface area (Å²) in [6, 6.07) is 13.5. The van der Waals surface area contributed by atoms with Crippen molar-refractivity contribution in [2.24, 2.45) is 0 Å². The van der Waals surface area contributed by atoms with Crippen LogP contribution in [0.25, 0.3) is 6.08 Å². The number of carbonyl (C=O) groups excluding carboxylic acids is 1. The zero-order chi connectivity index (χ0) is 19.1. The minimum Gasteiger partial charge on any atom is -0.465 e. The molecule has 0 aliphatic carbocycles. The van der Waals surface area contributed by atoms with E-state index in [0.29, 0.717) is 11.3 Å². The Kier molecular flexibility index (Phi) is 5.65. The molecule has 0 spiro atoms. The molecule has 0 fully saturated rings. The molecule has 2 aromatic carbocycles. The Morgan fingerprint density at radius 3 is 2.54 bits per heavy atom. The number of nitro groups is 1. The minimum atomic E-state index is -0.781. The van der Waals surface area contributed by atoms with Gasteiger partial charge in [-0.1, -0.05) is 12.1 Å². The number of nitro benzene ring substituents is 1. The first-order valence-electron chi connectivity index (χ1n) is 7.15. The number of non-ortho nitro benzene ring substituents is 1. The number of benzene rings is 2. The lowest BCUT2D eigenvalue weighted by Gasteiger charge is -2.10. The van der Waals surface area contributed by atoms with Crippen molar-refractivity contribution >= 4 is 17.7 Å². The molecule has 0 amide bonds. The van der Waals surface area contributed by atoms with Crippen molar-refractivity contribution < 1.29 is 19.2 Å². The van der Waals surface area contributed by atoms with Crippen molar-refractivity contribution in [2.75, 3.05) is 7.11 Å². The molecule has 0 radical (unpaired) electrons. The first kappa shape index (κ1) is 18.2. The Morgan fingerprint density at radius 2 is 1.92 bits per heavy atom. The Labute approximate surface area is 148 Å². The van der Waals surface area contributed by atoms with Crippen molar-refractivity contribution in [1.29, 1.82) is 10.5 Å². The molecule has 0 atom stereocenters. The number of allylic oxidation sites excluding steroid dienone is 1. The third kappa shape index (κ3) is 4.22. The fourth-order valence-corrected chi connectivity index (χ4v) is 2.04. The standard InChI is InChI=1S/C18H11N3O5/c1-25-18(22)16-9-14(21(23)24)5-6-17(16)26-15-4-2-3-12(8-15)7-13(10-19)11-20/h2-9H,1H3. The van der Waals surface area contributed by atoms with Crippen LogP contribution >= 0.6 is 0 Å². The van der Waals surface area contributed by atoms with Gasteiger partial charge >= 0.3 is 5.97 Å². The first-order valence-corrected chi connectivity index (χ1v) is 7.15. The molecule has 0 aliphatic heterocycles. The lowest BCUT2D eigenvalue weighted by atomic mass is 10.1. The molecule has 0 saturated carbocycles. The molecule has 0 aromatic heterocycles. The molecule has 0 bridgehead atoms. The molecule has 2 aromatic rings. The van der Waals surface area contributed by atoms with E-state index in [9.17, 15) is 14.9 Å². The van der Waals surface area contributed by atoms with Crippen LogP contribution in [0.15, 0.2) is 48.0 Å². The second-order valence-electron chi connectivity index (χ2n) is 4.89. The highest BCUT2D eigenvalue weighted by Gasteiger charge is 2.19. The Balaban J connectivity index is 2.41. The number of methoxy groups -OCH3 is 1. The Morgan fingerprint density at radius 1 is 1.19 bits per heavy atom. The summed E-state index contributed by atoms with van der Waals surface area (Å²) in [5.41, 5.74) is 0.0920. The predicted octanol–water partition coefficient (Wildman–Crippen LogP) is 3.60. The summed E-state index contributed by atoms with van der Waals surface area (Å²) in [4.78, 5) is 22.1. The highest BCUT2D eigenvalue weighted by Crippen LogP contribution is 2.30. The van der Waals surface area contributed by atoms with Crippen LogP contribution in [0, 0.1) is 32.8 Å². The highest BCUT2D eigenvalue weighted by molar-refractivity contribution is 5.93. The molecular weight excluding hydrogens is 338 g/mol. The van der Waals surface area contributed by atoms with Crippen LogP contribution in [0.1, 0.15) is 15.9 Å². The number of ether oxygens (including phenoxy) is 2. The summed E-state index contributed by atoms with van der Waals surface area (Å²) >= 11 is 0. The largest absolute Gasteiger partial charge is 0.465 e. The second kappa shape index (κ2) is 8.08. The normalized spacial score (nSPS) is 9.35. The van der Waals surface area contributed by atoms with Crippen molar-refractivity contribution in [1.82, 2.24) is 0 Å². The summed E-state index contributed by atoms with van der Waals surface area (Å²) in [5.74, 6) is -0.395. The minimum absolute atomic E-state index is 0.0735. The fourth-order valence-electron chi connectivity index (χ4n) is 2.04. The van der Waals surface area contributed by atoms with E-state index < -0.39 is 10.9 Å². The van der Waals surface area contributed by atoms with Gasteiger partial charge in [-0.25, -0.2) is 4.79 Å². The molecular formula is C18H11N3O5. The number of rotatable bonds is 5. The highest BCUT2D eigenvalue weighted by atomic mass is 16.6. The quantitative estimate of drug-likeness (QED) is 0.349. The van der Waals surface area contributed by atoms with Gasteiger partial charge in [-0.05, 0) is 29.8 Å².